The van der Waals surface area contributed by atoms with Gasteiger partial charge in [0.15, 0.2) is 11.4 Å². The van der Waals surface area contributed by atoms with Gasteiger partial charge in [0.05, 0.1) is 5.56 Å². The minimum absolute atomic E-state index is 0.169. The SMILES string of the molecule is Cc1ccc(-c2c(O)c3nccnc3[nH]c2=O)c(C)n1. The molecular weight excluding hydrogens is 256 g/mol. The zero-order valence-corrected chi connectivity index (χ0v) is 11.0. The minimum Gasteiger partial charge on any atom is -0.505 e. The molecule has 0 atom stereocenters. The van der Waals surface area contributed by atoms with Gasteiger partial charge in [0.1, 0.15) is 5.52 Å². The third-order valence-electron chi connectivity index (χ3n) is 3.11. The maximum Gasteiger partial charge on any atom is 0.261 e. The molecule has 0 aliphatic heterocycles. The highest BCUT2D eigenvalue weighted by atomic mass is 16.3. The third-order valence-corrected chi connectivity index (χ3v) is 3.11. The fourth-order valence-electron chi connectivity index (χ4n) is 2.20. The summed E-state index contributed by atoms with van der Waals surface area (Å²) >= 11 is 0. The summed E-state index contributed by atoms with van der Waals surface area (Å²) in [5, 5.41) is 10.3. The Labute approximate surface area is 114 Å². The zero-order chi connectivity index (χ0) is 14.3. The normalized spacial score (nSPS) is 10.9. The molecule has 0 amide bonds. The summed E-state index contributed by atoms with van der Waals surface area (Å²) in [5.74, 6) is -0.175. The Morgan fingerprint density at radius 2 is 1.90 bits per heavy atom. The van der Waals surface area contributed by atoms with E-state index >= 15 is 0 Å². The molecule has 3 aromatic heterocycles. The molecular formula is C14H12N4O2. The molecule has 0 aromatic carbocycles. The fraction of sp³-hybridized carbons (Fsp3) is 0.143. The quantitative estimate of drug-likeness (QED) is 0.701. The van der Waals surface area contributed by atoms with Crippen molar-refractivity contribution in [3.8, 4) is 16.9 Å². The number of hydrogen-bond donors (Lipinski definition) is 2. The Balaban J connectivity index is 2.39. The van der Waals surface area contributed by atoms with Crippen LogP contribution >= 0.6 is 0 Å². The minimum atomic E-state index is -0.413. The van der Waals surface area contributed by atoms with Crippen molar-refractivity contribution < 1.29 is 5.11 Å². The number of aryl methyl sites for hydroxylation is 2. The number of pyridine rings is 2. The van der Waals surface area contributed by atoms with Crippen LogP contribution in [0, 0.1) is 13.8 Å². The number of hydrogen-bond acceptors (Lipinski definition) is 5. The Kier molecular flexibility index (Phi) is 2.71. The van der Waals surface area contributed by atoms with Crippen molar-refractivity contribution in [1.29, 1.82) is 0 Å². The summed E-state index contributed by atoms with van der Waals surface area (Å²) in [6.07, 6.45) is 2.92. The van der Waals surface area contributed by atoms with Gasteiger partial charge in [-0.05, 0) is 19.9 Å². The van der Waals surface area contributed by atoms with Gasteiger partial charge >= 0.3 is 0 Å². The van der Waals surface area contributed by atoms with Crippen molar-refractivity contribution in [2.75, 3.05) is 0 Å². The lowest BCUT2D eigenvalue weighted by Gasteiger charge is -2.08. The van der Waals surface area contributed by atoms with E-state index in [0.29, 0.717) is 11.3 Å². The lowest BCUT2D eigenvalue weighted by molar-refractivity contribution is 0.481. The molecule has 0 saturated heterocycles. The van der Waals surface area contributed by atoms with Crippen molar-refractivity contribution in [3.63, 3.8) is 0 Å². The molecule has 6 nitrogen and oxygen atoms in total. The van der Waals surface area contributed by atoms with E-state index in [0.717, 1.165) is 5.69 Å². The third kappa shape index (κ3) is 1.82. The Morgan fingerprint density at radius 3 is 2.65 bits per heavy atom. The van der Waals surface area contributed by atoms with Crippen LogP contribution < -0.4 is 5.56 Å². The van der Waals surface area contributed by atoms with Crippen molar-refractivity contribution >= 4 is 11.2 Å². The molecule has 3 heterocycles. The van der Waals surface area contributed by atoms with Crippen LogP contribution in [-0.4, -0.2) is 25.0 Å². The molecule has 3 aromatic rings. The first-order chi connectivity index (χ1) is 9.58. The van der Waals surface area contributed by atoms with E-state index in [-0.39, 0.29) is 22.5 Å². The lowest BCUT2D eigenvalue weighted by atomic mass is 10.0. The van der Waals surface area contributed by atoms with Gasteiger partial charge < -0.3 is 10.1 Å². The van der Waals surface area contributed by atoms with Crippen LogP contribution in [0.3, 0.4) is 0 Å². The zero-order valence-electron chi connectivity index (χ0n) is 11.0. The van der Waals surface area contributed by atoms with Crippen LogP contribution in [0.15, 0.2) is 29.3 Å². The van der Waals surface area contributed by atoms with E-state index in [2.05, 4.69) is 19.9 Å². The molecule has 20 heavy (non-hydrogen) atoms. The summed E-state index contributed by atoms with van der Waals surface area (Å²) < 4.78 is 0. The van der Waals surface area contributed by atoms with Crippen molar-refractivity contribution in [2.45, 2.75) is 13.8 Å². The van der Waals surface area contributed by atoms with Crippen LogP contribution in [0.2, 0.25) is 0 Å². The van der Waals surface area contributed by atoms with Crippen LogP contribution in [0.5, 0.6) is 5.75 Å². The monoisotopic (exact) mass is 268 g/mol. The highest BCUT2D eigenvalue weighted by molar-refractivity contribution is 5.86. The summed E-state index contributed by atoms with van der Waals surface area (Å²) in [5.41, 5.74) is 2.39. The molecule has 100 valence electrons. The predicted octanol–water partition coefficient (Wildman–Crippen LogP) is 1.70. The molecule has 0 aliphatic rings. The second kappa shape index (κ2) is 4.41. The standard InChI is InChI=1S/C14H12N4O2/c1-7-3-4-9(8(2)17-7)10-12(19)11-13(18-14(10)20)16-6-5-15-11/h3-6H,1-2H3,(H2,16,18,19,20). The highest BCUT2D eigenvalue weighted by Crippen LogP contribution is 2.31. The average Bonchev–Trinajstić information content (AvgIpc) is 2.41. The fourth-order valence-corrected chi connectivity index (χ4v) is 2.20. The molecule has 0 radical (unpaired) electrons. The summed E-state index contributed by atoms with van der Waals surface area (Å²) in [6.45, 7) is 3.66. The number of nitrogens with zero attached hydrogens (tertiary/aromatic N) is 3. The van der Waals surface area contributed by atoms with Crippen molar-refractivity contribution in [3.05, 3.63) is 46.3 Å². The van der Waals surface area contributed by atoms with Gasteiger partial charge in [-0.3, -0.25) is 9.78 Å². The molecule has 2 N–H and O–H groups in total. The van der Waals surface area contributed by atoms with E-state index < -0.39 is 5.56 Å². The summed E-state index contributed by atoms with van der Waals surface area (Å²) in [6, 6.07) is 3.56. The van der Waals surface area contributed by atoms with E-state index in [1.807, 2.05) is 6.92 Å². The second-order valence-corrected chi connectivity index (χ2v) is 4.52. The van der Waals surface area contributed by atoms with E-state index in [9.17, 15) is 9.90 Å². The molecule has 0 spiro atoms. The summed E-state index contributed by atoms with van der Waals surface area (Å²) in [7, 11) is 0. The largest absolute Gasteiger partial charge is 0.505 e. The molecule has 0 bridgehead atoms. The first kappa shape index (κ1) is 12.3. The van der Waals surface area contributed by atoms with Gasteiger partial charge in [-0.15, -0.1) is 0 Å². The number of fused-ring (bicyclic) bond motifs is 1. The highest BCUT2D eigenvalue weighted by Gasteiger charge is 2.17. The summed E-state index contributed by atoms with van der Waals surface area (Å²) in [4.78, 5) is 27.1. The maximum absolute atomic E-state index is 12.2. The van der Waals surface area contributed by atoms with Crippen LogP contribution in [-0.2, 0) is 0 Å². The topological polar surface area (TPSA) is 91.8 Å². The molecule has 3 rings (SSSR count). The second-order valence-electron chi connectivity index (χ2n) is 4.52. The van der Waals surface area contributed by atoms with Gasteiger partial charge in [0.2, 0.25) is 0 Å². The molecule has 6 heteroatoms. The van der Waals surface area contributed by atoms with Crippen molar-refractivity contribution in [1.82, 2.24) is 19.9 Å². The molecule has 0 unspecified atom stereocenters. The molecule has 0 fully saturated rings. The van der Waals surface area contributed by atoms with Gasteiger partial charge in [-0.1, -0.05) is 6.07 Å². The first-order valence-corrected chi connectivity index (χ1v) is 6.08. The number of rotatable bonds is 1. The average molecular weight is 268 g/mol. The number of H-pyrrole nitrogens is 1. The van der Waals surface area contributed by atoms with E-state index in [4.69, 9.17) is 0 Å². The van der Waals surface area contributed by atoms with E-state index in [1.165, 1.54) is 12.4 Å². The van der Waals surface area contributed by atoms with E-state index in [1.54, 1.807) is 19.1 Å². The van der Waals surface area contributed by atoms with Gasteiger partial charge in [0, 0.05) is 29.3 Å². The van der Waals surface area contributed by atoms with Crippen LogP contribution in [0.25, 0.3) is 22.3 Å². The number of aromatic amines is 1. The smallest absolute Gasteiger partial charge is 0.261 e. The first-order valence-electron chi connectivity index (χ1n) is 6.08. The van der Waals surface area contributed by atoms with Gasteiger partial charge in [-0.2, -0.15) is 0 Å². The van der Waals surface area contributed by atoms with Gasteiger partial charge in [-0.25, -0.2) is 9.97 Å². The lowest BCUT2D eigenvalue weighted by Crippen LogP contribution is -2.11. The number of aromatic nitrogens is 4. The molecule has 0 aliphatic carbocycles. The van der Waals surface area contributed by atoms with Crippen LogP contribution in [0.4, 0.5) is 0 Å². The number of nitrogens with one attached hydrogen (secondary N) is 1. The number of aromatic hydroxyl groups is 1. The van der Waals surface area contributed by atoms with Gasteiger partial charge in [0.25, 0.3) is 5.56 Å². The van der Waals surface area contributed by atoms with Crippen molar-refractivity contribution in [2.24, 2.45) is 0 Å². The Bertz CT molecular complexity index is 871. The maximum atomic E-state index is 12.2. The predicted molar refractivity (Wildman–Crippen MR) is 74.5 cm³/mol. The molecule has 0 saturated carbocycles. The Hall–Kier alpha value is -2.76. The van der Waals surface area contributed by atoms with Crippen LogP contribution in [0.1, 0.15) is 11.4 Å². The Morgan fingerprint density at radius 1 is 1.15 bits per heavy atom.